The molecule has 1 atom stereocenters. The van der Waals surface area contributed by atoms with Gasteiger partial charge in [0.25, 0.3) is 6.43 Å². The largest absolute Gasteiger partial charge is 0.447 e. The lowest BCUT2D eigenvalue weighted by Crippen LogP contribution is -2.18. The van der Waals surface area contributed by atoms with Crippen LogP contribution in [0.1, 0.15) is 23.6 Å². The molecule has 1 fully saturated rings. The number of carbonyl (C=O) groups excluding carboxylic acids is 1. The summed E-state index contributed by atoms with van der Waals surface area (Å²) in [5.41, 5.74) is 0.745. The van der Waals surface area contributed by atoms with Gasteiger partial charge < -0.3 is 10.1 Å². The van der Waals surface area contributed by atoms with Gasteiger partial charge in [0.2, 0.25) is 0 Å². The molecule has 0 aromatic heterocycles. The number of carbonyl (C=O) groups is 1. The van der Waals surface area contributed by atoms with E-state index >= 15 is 0 Å². The summed E-state index contributed by atoms with van der Waals surface area (Å²) in [6, 6.07) is 5.61. The van der Waals surface area contributed by atoms with E-state index in [0.29, 0.717) is 0 Å². The first-order valence-electron chi connectivity index (χ1n) is 4.48. The van der Waals surface area contributed by atoms with E-state index in [4.69, 9.17) is 4.74 Å². The van der Waals surface area contributed by atoms with Crippen LogP contribution in [0.5, 0.6) is 0 Å². The Kier molecular flexibility index (Phi) is 2.53. The second-order valence-corrected chi connectivity index (χ2v) is 3.26. The summed E-state index contributed by atoms with van der Waals surface area (Å²) in [5.74, 6) is 0. The van der Waals surface area contributed by atoms with Crippen LogP contribution in [0.3, 0.4) is 0 Å². The summed E-state index contributed by atoms with van der Waals surface area (Å²) in [7, 11) is 0. The van der Waals surface area contributed by atoms with Crippen LogP contribution in [0.4, 0.5) is 13.6 Å². The quantitative estimate of drug-likeness (QED) is 0.819. The molecule has 80 valence electrons. The predicted octanol–water partition coefficient (Wildman–Crippen LogP) is 2.41. The molecule has 1 aromatic rings. The summed E-state index contributed by atoms with van der Waals surface area (Å²) in [6.07, 6.45) is -2.94. The molecule has 1 amide bonds. The van der Waals surface area contributed by atoms with Gasteiger partial charge in [0.1, 0.15) is 6.61 Å². The predicted molar refractivity (Wildman–Crippen MR) is 48.6 cm³/mol. The molecule has 0 bridgehead atoms. The van der Waals surface area contributed by atoms with Gasteiger partial charge in [-0.1, -0.05) is 24.3 Å². The molecule has 5 heteroatoms. The molecule has 0 saturated carbocycles. The van der Waals surface area contributed by atoms with E-state index in [1.165, 1.54) is 12.1 Å². The minimum atomic E-state index is -2.46. The van der Waals surface area contributed by atoms with Crippen LogP contribution in [0.25, 0.3) is 0 Å². The molecule has 2 rings (SSSR count). The number of alkyl halides is 2. The minimum absolute atomic E-state index is 0.0241. The van der Waals surface area contributed by atoms with Crippen LogP contribution in [0.15, 0.2) is 24.3 Å². The van der Waals surface area contributed by atoms with Gasteiger partial charge in [-0.15, -0.1) is 0 Å². The summed E-state index contributed by atoms with van der Waals surface area (Å²) in [4.78, 5) is 10.7. The Hall–Kier alpha value is -1.65. The Bertz CT molecular complexity index is 364. The highest BCUT2D eigenvalue weighted by atomic mass is 19.3. The minimum Gasteiger partial charge on any atom is -0.447 e. The van der Waals surface area contributed by atoms with E-state index in [9.17, 15) is 13.6 Å². The van der Waals surface area contributed by atoms with Crippen molar-refractivity contribution in [3.8, 4) is 0 Å². The summed E-state index contributed by atoms with van der Waals surface area (Å²) < 4.78 is 29.2. The Morgan fingerprint density at radius 1 is 1.33 bits per heavy atom. The van der Waals surface area contributed by atoms with Gasteiger partial charge >= 0.3 is 6.09 Å². The molecule has 1 aliphatic heterocycles. The monoisotopic (exact) mass is 213 g/mol. The molecular formula is C10H9F2NO2. The Morgan fingerprint density at radius 3 is 2.47 bits per heavy atom. The fourth-order valence-corrected chi connectivity index (χ4v) is 1.44. The zero-order valence-electron chi connectivity index (χ0n) is 7.74. The number of alkyl carbamates (subject to hydrolysis) is 1. The van der Waals surface area contributed by atoms with E-state index in [-0.39, 0.29) is 18.2 Å². The number of cyclic esters (lactones) is 1. The van der Waals surface area contributed by atoms with Crippen molar-refractivity contribution in [2.24, 2.45) is 0 Å². The number of ether oxygens (including phenoxy) is 1. The third-order valence-corrected chi connectivity index (χ3v) is 2.26. The molecule has 1 saturated heterocycles. The molecule has 0 aliphatic carbocycles. The first kappa shape index (κ1) is 9.89. The average Bonchev–Trinajstić information content (AvgIpc) is 2.65. The van der Waals surface area contributed by atoms with Gasteiger partial charge in [0.15, 0.2) is 0 Å². The fourth-order valence-electron chi connectivity index (χ4n) is 1.44. The molecule has 1 heterocycles. The molecule has 15 heavy (non-hydrogen) atoms. The highest BCUT2D eigenvalue weighted by molar-refractivity contribution is 5.70. The first-order valence-corrected chi connectivity index (χ1v) is 4.48. The van der Waals surface area contributed by atoms with Crippen LogP contribution in [0, 0.1) is 0 Å². The van der Waals surface area contributed by atoms with Crippen LogP contribution in [-0.2, 0) is 4.74 Å². The molecule has 1 unspecified atom stereocenters. The number of amides is 1. The van der Waals surface area contributed by atoms with Crippen molar-refractivity contribution >= 4 is 6.09 Å². The van der Waals surface area contributed by atoms with E-state index in [1.54, 1.807) is 12.1 Å². The van der Waals surface area contributed by atoms with Crippen LogP contribution in [-0.4, -0.2) is 12.7 Å². The molecule has 0 spiro atoms. The number of hydrogen-bond donors (Lipinski definition) is 1. The Balaban J connectivity index is 2.13. The third-order valence-electron chi connectivity index (χ3n) is 2.26. The van der Waals surface area contributed by atoms with E-state index < -0.39 is 12.5 Å². The lowest BCUT2D eigenvalue weighted by molar-refractivity contribution is 0.151. The highest BCUT2D eigenvalue weighted by Crippen LogP contribution is 2.23. The lowest BCUT2D eigenvalue weighted by Gasteiger charge is -2.08. The fraction of sp³-hybridized carbons (Fsp3) is 0.300. The molecule has 1 aromatic carbocycles. The third kappa shape index (κ3) is 2.06. The Labute approximate surface area is 85.0 Å². The number of benzene rings is 1. The van der Waals surface area contributed by atoms with Crippen LogP contribution >= 0.6 is 0 Å². The first-order chi connectivity index (χ1) is 7.16. The lowest BCUT2D eigenvalue weighted by atomic mass is 10.1. The van der Waals surface area contributed by atoms with Crippen molar-refractivity contribution in [2.75, 3.05) is 6.61 Å². The van der Waals surface area contributed by atoms with Crippen molar-refractivity contribution in [1.29, 1.82) is 0 Å². The molecular weight excluding hydrogens is 204 g/mol. The number of rotatable bonds is 2. The maximum atomic E-state index is 12.2. The summed E-state index contributed by atoms with van der Waals surface area (Å²) >= 11 is 0. The van der Waals surface area contributed by atoms with Crippen molar-refractivity contribution in [1.82, 2.24) is 5.32 Å². The Morgan fingerprint density at radius 2 is 2.00 bits per heavy atom. The van der Waals surface area contributed by atoms with Crippen molar-refractivity contribution in [3.63, 3.8) is 0 Å². The zero-order chi connectivity index (χ0) is 10.8. The zero-order valence-corrected chi connectivity index (χ0v) is 7.74. The second-order valence-electron chi connectivity index (χ2n) is 3.26. The van der Waals surface area contributed by atoms with Gasteiger partial charge in [0, 0.05) is 5.56 Å². The number of nitrogens with one attached hydrogen (secondary N) is 1. The van der Waals surface area contributed by atoms with Crippen molar-refractivity contribution < 1.29 is 18.3 Å². The number of halogens is 2. The summed E-state index contributed by atoms with van der Waals surface area (Å²) in [5, 5.41) is 2.57. The maximum absolute atomic E-state index is 12.2. The second kappa shape index (κ2) is 3.84. The SMILES string of the molecule is O=C1NC(c2ccc(C(F)F)cc2)CO1. The number of hydrogen-bond acceptors (Lipinski definition) is 2. The van der Waals surface area contributed by atoms with E-state index in [2.05, 4.69) is 5.32 Å². The van der Waals surface area contributed by atoms with Crippen LogP contribution < -0.4 is 5.32 Å². The molecule has 0 radical (unpaired) electrons. The van der Waals surface area contributed by atoms with Gasteiger partial charge in [-0.2, -0.15) is 0 Å². The average molecular weight is 213 g/mol. The molecule has 3 nitrogen and oxygen atoms in total. The van der Waals surface area contributed by atoms with E-state index in [0.717, 1.165) is 5.56 Å². The molecule has 1 aliphatic rings. The van der Waals surface area contributed by atoms with Gasteiger partial charge in [-0.3, -0.25) is 0 Å². The summed E-state index contributed by atoms with van der Waals surface area (Å²) in [6.45, 7) is 0.243. The van der Waals surface area contributed by atoms with E-state index in [1.807, 2.05) is 0 Å². The maximum Gasteiger partial charge on any atom is 0.407 e. The van der Waals surface area contributed by atoms with Crippen molar-refractivity contribution in [2.45, 2.75) is 12.5 Å². The standard InChI is InChI=1S/C10H9F2NO2/c11-9(12)7-3-1-6(2-4-7)8-5-15-10(14)13-8/h1-4,8-9H,5H2,(H,13,14). The smallest absolute Gasteiger partial charge is 0.407 e. The normalized spacial score (nSPS) is 20.2. The molecule has 1 N–H and O–H groups in total. The van der Waals surface area contributed by atoms with Gasteiger partial charge in [-0.25, -0.2) is 13.6 Å². The van der Waals surface area contributed by atoms with Crippen LogP contribution in [0.2, 0.25) is 0 Å². The highest BCUT2D eigenvalue weighted by Gasteiger charge is 2.23. The van der Waals surface area contributed by atoms with Gasteiger partial charge in [-0.05, 0) is 5.56 Å². The van der Waals surface area contributed by atoms with Crippen molar-refractivity contribution in [3.05, 3.63) is 35.4 Å². The topological polar surface area (TPSA) is 38.3 Å². The van der Waals surface area contributed by atoms with Gasteiger partial charge in [0.05, 0.1) is 6.04 Å².